The standard InChI is InChI=1S/C19H28N2O3.2C2HF3O2/c1-20-16(13-22-2)5-6-19(20)7-9-21(10-8-19)12-15-3-4-17-18(11-15)24-14-23-17;2*3-2(4,5)1(6)7/h3-4,11,16H,5-10,12-14H2,1-2H3;2*(H,6,7). The van der Waals surface area contributed by atoms with Crippen LogP contribution in [0.1, 0.15) is 31.2 Å². The van der Waals surface area contributed by atoms with E-state index in [0.717, 1.165) is 24.7 Å². The van der Waals surface area contributed by atoms with Crippen LogP contribution in [0.5, 0.6) is 11.5 Å². The molecule has 2 fully saturated rings. The van der Waals surface area contributed by atoms with Crippen molar-refractivity contribution in [2.75, 3.05) is 40.6 Å². The fourth-order valence-corrected chi connectivity index (χ4v) is 4.61. The van der Waals surface area contributed by atoms with Gasteiger partial charge in [0, 0.05) is 38.3 Å². The zero-order valence-electron chi connectivity index (χ0n) is 20.8. The molecule has 3 aliphatic rings. The Kier molecular flexibility index (Phi) is 10.6. The van der Waals surface area contributed by atoms with Gasteiger partial charge in [0.25, 0.3) is 0 Å². The summed E-state index contributed by atoms with van der Waals surface area (Å²) in [5, 5.41) is 14.2. The van der Waals surface area contributed by atoms with Crippen molar-refractivity contribution in [2.24, 2.45) is 0 Å². The number of benzene rings is 1. The molecule has 216 valence electrons. The van der Waals surface area contributed by atoms with Crippen LogP contribution in [0.3, 0.4) is 0 Å². The first-order valence-corrected chi connectivity index (χ1v) is 11.5. The third-order valence-electron chi connectivity index (χ3n) is 6.71. The average Bonchev–Trinajstić information content (AvgIpc) is 3.41. The Morgan fingerprint density at radius 1 is 1.00 bits per heavy atom. The predicted octanol–water partition coefficient (Wildman–Crippen LogP) is 3.76. The van der Waals surface area contributed by atoms with Crippen molar-refractivity contribution < 1.29 is 60.4 Å². The molecule has 9 nitrogen and oxygen atoms in total. The minimum Gasteiger partial charge on any atom is -0.475 e. The van der Waals surface area contributed by atoms with Crippen molar-refractivity contribution in [1.82, 2.24) is 9.80 Å². The SMILES string of the molecule is COCC1CCC2(CCN(Cc3ccc4c(c3)OCO4)CC2)N1C.O=C(O)C(F)(F)F.O=C(O)C(F)(F)F. The van der Waals surface area contributed by atoms with Crippen molar-refractivity contribution in [3.63, 3.8) is 0 Å². The molecule has 1 spiro atoms. The van der Waals surface area contributed by atoms with E-state index in [1.807, 2.05) is 13.2 Å². The third-order valence-corrected chi connectivity index (χ3v) is 6.71. The van der Waals surface area contributed by atoms with E-state index in [9.17, 15) is 26.3 Å². The second-order valence-corrected chi connectivity index (χ2v) is 9.05. The highest BCUT2D eigenvalue weighted by Gasteiger charge is 2.45. The number of aliphatic carboxylic acids is 2. The molecule has 2 N–H and O–H groups in total. The lowest BCUT2D eigenvalue weighted by Gasteiger charge is -2.45. The number of carboxylic acid groups (broad SMARTS) is 2. The first kappa shape index (κ1) is 31.4. The van der Waals surface area contributed by atoms with Gasteiger partial charge in [-0.3, -0.25) is 9.80 Å². The number of rotatable bonds is 4. The molecule has 1 aromatic carbocycles. The number of fused-ring (bicyclic) bond motifs is 1. The molecule has 1 atom stereocenters. The van der Waals surface area contributed by atoms with Crippen molar-refractivity contribution in [1.29, 1.82) is 0 Å². The first-order chi connectivity index (χ1) is 17.6. The van der Waals surface area contributed by atoms with Gasteiger partial charge in [0.2, 0.25) is 6.79 Å². The maximum absolute atomic E-state index is 10.6. The molecule has 2 saturated heterocycles. The van der Waals surface area contributed by atoms with Crippen LogP contribution in [0.4, 0.5) is 26.3 Å². The number of ether oxygens (including phenoxy) is 3. The Labute approximate surface area is 214 Å². The van der Waals surface area contributed by atoms with Gasteiger partial charge in [-0.1, -0.05) is 6.07 Å². The van der Waals surface area contributed by atoms with Gasteiger partial charge >= 0.3 is 24.3 Å². The lowest BCUT2D eigenvalue weighted by molar-refractivity contribution is -0.193. The monoisotopic (exact) mass is 560 g/mol. The van der Waals surface area contributed by atoms with Crippen molar-refractivity contribution in [2.45, 2.75) is 56.2 Å². The molecule has 0 saturated carbocycles. The molecule has 0 amide bonds. The topological polar surface area (TPSA) is 109 Å². The Bertz CT molecular complexity index is 925. The van der Waals surface area contributed by atoms with E-state index in [4.69, 9.17) is 34.0 Å². The molecule has 3 heterocycles. The molecule has 4 rings (SSSR count). The van der Waals surface area contributed by atoms with E-state index >= 15 is 0 Å². The van der Waals surface area contributed by atoms with Crippen LogP contribution in [-0.4, -0.2) is 96.5 Å². The number of likely N-dealkylation sites (N-methyl/N-ethyl adjacent to an activating group) is 1. The summed E-state index contributed by atoms with van der Waals surface area (Å²) in [6, 6.07) is 6.91. The number of hydrogen-bond donors (Lipinski definition) is 2. The molecule has 38 heavy (non-hydrogen) atoms. The third kappa shape index (κ3) is 8.63. The van der Waals surface area contributed by atoms with Crippen LogP contribution < -0.4 is 9.47 Å². The highest BCUT2D eigenvalue weighted by atomic mass is 19.4. The van der Waals surface area contributed by atoms with Crippen LogP contribution >= 0.6 is 0 Å². The van der Waals surface area contributed by atoms with Crippen LogP contribution in [-0.2, 0) is 20.9 Å². The van der Waals surface area contributed by atoms with Gasteiger partial charge in [0.15, 0.2) is 11.5 Å². The van der Waals surface area contributed by atoms with Crippen LogP contribution in [0.25, 0.3) is 0 Å². The van der Waals surface area contributed by atoms with Crippen molar-refractivity contribution in [3.05, 3.63) is 23.8 Å². The Morgan fingerprint density at radius 3 is 2.03 bits per heavy atom. The van der Waals surface area contributed by atoms with E-state index in [1.165, 1.54) is 44.3 Å². The largest absolute Gasteiger partial charge is 0.490 e. The Balaban J connectivity index is 0.000000301. The zero-order valence-corrected chi connectivity index (χ0v) is 20.8. The summed E-state index contributed by atoms with van der Waals surface area (Å²) in [4.78, 5) is 23.0. The Morgan fingerprint density at radius 2 is 1.53 bits per heavy atom. The second-order valence-electron chi connectivity index (χ2n) is 9.05. The van der Waals surface area contributed by atoms with Gasteiger partial charge in [-0.15, -0.1) is 0 Å². The zero-order chi connectivity index (χ0) is 28.7. The fourth-order valence-electron chi connectivity index (χ4n) is 4.61. The lowest BCUT2D eigenvalue weighted by Crippen LogP contribution is -2.52. The summed E-state index contributed by atoms with van der Waals surface area (Å²) in [7, 11) is 4.11. The summed E-state index contributed by atoms with van der Waals surface area (Å²) in [5.41, 5.74) is 1.71. The molecular formula is C23H30F6N2O7. The summed E-state index contributed by atoms with van der Waals surface area (Å²) in [6.07, 6.45) is -5.07. The molecule has 0 radical (unpaired) electrons. The second kappa shape index (κ2) is 12.8. The number of hydrogen-bond acceptors (Lipinski definition) is 7. The number of piperidine rings is 1. The summed E-state index contributed by atoms with van der Waals surface area (Å²) in [5.74, 6) is -3.76. The fraction of sp³-hybridized carbons (Fsp3) is 0.652. The van der Waals surface area contributed by atoms with Crippen LogP contribution in [0.2, 0.25) is 0 Å². The normalized spacial score (nSPS) is 20.8. The average molecular weight is 560 g/mol. The van der Waals surface area contributed by atoms with Gasteiger partial charge in [0.1, 0.15) is 0 Å². The number of alkyl halides is 6. The van der Waals surface area contributed by atoms with Crippen LogP contribution in [0.15, 0.2) is 18.2 Å². The molecule has 1 aromatic rings. The van der Waals surface area contributed by atoms with E-state index in [-0.39, 0.29) is 0 Å². The number of methoxy groups -OCH3 is 1. The van der Waals surface area contributed by atoms with E-state index in [1.54, 1.807) is 0 Å². The molecule has 1 unspecified atom stereocenters. The van der Waals surface area contributed by atoms with Crippen molar-refractivity contribution in [3.8, 4) is 11.5 Å². The number of likely N-dealkylation sites (tertiary alicyclic amines) is 2. The van der Waals surface area contributed by atoms with Crippen LogP contribution in [0, 0.1) is 0 Å². The Hall–Kier alpha value is -2.78. The van der Waals surface area contributed by atoms with Gasteiger partial charge in [0.05, 0.1) is 6.61 Å². The minimum atomic E-state index is -5.08. The maximum Gasteiger partial charge on any atom is 0.490 e. The number of carboxylic acids is 2. The smallest absolute Gasteiger partial charge is 0.475 e. The van der Waals surface area contributed by atoms with Gasteiger partial charge in [-0.25, -0.2) is 9.59 Å². The highest BCUT2D eigenvalue weighted by molar-refractivity contribution is 5.73. The molecular weight excluding hydrogens is 530 g/mol. The lowest BCUT2D eigenvalue weighted by atomic mass is 9.85. The van der Waals surface area contributed by atoms with Gasteiger partial charge in [-0.05, 0) is 50.4 Å². The molecule has 0 aliphatic carbocycles. The number of carbonyl (C=O) groups is 2. The summed E-state index contributed by atoms with van der Waals surface area (Å²) >= 11 is 0. The maximum atomic E-state index is 10.6. The highest BCUT2D eigenvalue weighted by Crippen LogP contribution is 2.41. The molecule has 0 bridgehead atoms. The summed E-state index contributed by atoms with van der Waals surface area (Å²) in [6.45, 7) is 4.54. The first-order valence-electron chi connectivity index (χ1n) is 11.5. The van der Waals surface area contributed by atoms with E-state index in [2.05, 4.69) is 29.0 Å². The molecule has 15 heteroatoms. The van der Waals surface area contributed by atoms with Gasteiger partial charge in [-0.2, -0.15) is 26.3 Å². The predicted molar refractivity (Wildman–Crippen MR) is 120 cm³/mol. The van der Waals surface area contributed by atoms with Gasteiger partial charge < -0.3 is 24.4 Å². The van der Waals surface area contributed by atoms with Crippen molar-refractivity contribution >= 4 is 11.9 Å². The van der Waals surface area contributed by atoms with E-state index < -0.39 is 24.3 Å². The minimum absolute atomic E-state index is 0.347. The van der Waals surface area contributed by atoms with E-state index in [0.29, 0.717) is 18.4 Å². The quantitative estimate of drug-likeness (QED) is 0.533. The molecule has 0 aromatic heterocycles. The number of halogens is 6. The summed E-state index contributed by atoms with van der Waals surface area (Å²) < 4.78 is 79.8. The number of nitrogens with zero attached hydrogens (tertiary/aromatic N) is 2. The molecule has 3 aliphatic heterocycles.